The van der Waals surface area contributed by atoms with E-state index in [9.17, 15) is 9.65 Å². The summed E-state index contributed by atoms with van der Waals surface area (Å²) in [5, 5.41) is 9.23. The van der Waals surface area contributed by atoms with E-state index < -0.39 is 17.3 Å². The molecule has 0 aromatic heterocycles. The second-order valence-electron chi connectivity index (χ2n) is 4.72. The molecule has 0 heterocycles. The van der Waals surface area contributed by atoms with Crippen molar-refractivity contribution in [3.05, 3.63) is 29.6 Å². The van der Waals surface area contributed by atoms with Crippen LogP contribution in [0.3, 0.4) is 0 Å². The Kier molecular flexibility index (Phi) is 3.53. The molecule has 1 unspecified atom stereocenters. The van der Waals surface area contributed by atoms with Gasteiger partial charge in [-0.2, -0.15) is 5.26 Å². The fourth-order valence-electron chi connectivity index (χ4n) is 2.35. The molecule has 0 aliphatic heterocycles. The number of nitrogens with two attached hydrogens (primary N) is 1. The Bertz CT molecular complexity index is 477. The smallest absolute Gasteiger partial charge is 0.165 e. The molecule has 0 saturated heterocycles. The summed E-state index contributed by atoms with van der Waals surface area (Å²) in [7, 11) is 0. The predicted octanol–water partition coefficient (Wildman–Crippen LogP) is 2.92. The van der Waals surface area contributed by atoms with E-state index >= 15 is 0 Å². The van der Waals surface area contributed by atoms with E-state index in [0.29, 0.717) is 12.2 Å². The first-order valence-electron chi connectivity index (χ1n) is 6.22. The van der Waals surface area contributed by atoms with Crippen molar-refractivity contribution in [3.63, 3.8) is 0 Å². The molecule has 4 heteroatoms. The van der Waals surface area contributed by atoms with Crippen LogP contribution in [0.1, 0.15) is 37.8 Å². The van der Waals surface area contributed by atoms with Gasteiger partial charge in [-0.1, -0.05) is 12.5 Å². The monoisotopic (exact) mass is 248 g/mol. The minimum absolute atomic E-state index is 0.230. The Balaban J connectivity index is 2.24. The number of nitrogens with zero attached hydrogens (tertiary/aromatic N) is 1. The van der Waals surface area contributed by atoms with Crippen molar-refractivity contribution in [2.45, 2.75) is 32.2 Å². The Labute approximate surface area is 106 Å². The minimum atomic E-state index is -0.514. The summed E-state index contributed by atoms with van der Waals surface area (Å²) < 4.78 is 18.9. The average Bonchev–Trinajstić information content (AvgIpc) is 2.31. The zero-order valence-electron chi connectivity index (χ0n) is 10.4. The van der Waals surface area contributed by atoms with Crippen molar-refractivity contribution in [2.75, 3.05) is 6.61 Å². The van der Waals surface area contributed by atoms with Gasteiger partial charge in [0.15, 0.2) is 11.6 Å². The molecule has 1 atom stereocenters. The van der Waals surface area contributed by atoms with Gasteiger partial charge >= 0.3 is 0 Å². The van der Waals surface area contributed by atoms with Gasteiger partial charge in [-0.25, -0.2) is 4.39 Å². The normalized spacial score (nSPS) is 18.6. The topological polar surface area (TPSA) is 59.0 Å². The van der Waals surface area contributed by atoms with E-state index in [1.165, 1.54) is 6.07 Å². The van der Waals surface area contributed by atoms with Crippen LogP contribution in [0.15, 0.2) is 18.2 Å². The van der Waals surface area contributed by atoms with Gasteiger partial charge in [0.1, 0.15) is 0 Å². The van der Waals surface area contributed by atoms with Gasteiger partial charge in [0.25, 0.3) is 0 Å². The van der Waals surface area contributed by atoms with Crippen LogP contribution in [0.4, 0.5) is 4.39 Å². The summed E-state index contributed by atoms with van der Waals surface area (Å²) in [4.78, 5) is 0. The summed E-state index contributed by atoms with van der Waals surface area (Å²) in [6.07, 6.45) is 2.60. The lowest BCUT2D eigenvalue weighted by atomic mass is 9.64. The van der Waals surface area contributed by atoms with Gasteiger partial charge in [0.2, 0.25) is 0 Å². The maximum Gasteiger partial charge on any atom is 0.165 e. The second-order valence-corrected chi connectivity index (χ2v) is 4.72. The molecular formula is C14H17FN2O. The number of ether oxygens (including phenoxy) is 1. The molecule has 0 amide bonds. The van der Waals surface area contributed by atoms with Crippen LogP contribution in [-0.4, -0.2) is 6.61 Å². The molecule has 1 fully saturated rings. The van der Waals surface area contributed by atoms with Crippen molar-refractivity contribution < 1.29 is 9.13 Å². The first-order chi connectivity index (χ1) is 8.63. The number of rotatable bonds is 4. The Hall–Kier alpha value is -1.60. The van der Waals surface area contributed by atoms with E-state index in [-0.39, 0.29) is 5.75 Å². The zero-order valence-corrected chi connectivity index (χ0v) is 10.4. The lowest BCUT2D eigenvalue weighted by molar-refractivity contribution is 0.168. The number of hydrogen-bond donors (Lipinski definition) is 1. The van der Waals surface area contributed by atoms with Gasteiger partial charge < -0.3 is 10.5 Å². The van der Waals surface area contributed by atoms with Crippen LogP contribution in [0, 0.1) is 22.6 Å². The van der Waals surface area contributed by atoms with E-state index in [0.717, 1.165) is 19.3 Å². The Morgan fingerprint density at radius 1 is 1.56 bits per heavy atom. The van der Waals surface area contributed by atoms with Crippen molar-refractivity contribution in [2.24, 2.45) is 11.1 Å². The Morgan fingerprint density at radius 3 is 2.72 bits per heavy atom. The lowest BCUT2D eigenvalue weighted by Gasteiger charge is -2.40. The fraction of sp³-hybridized carbons (Fsp3) is 0.500. The molecule has 1 aromatic carbocycles. The molecule has 0 bridgehead atoms. The maximum atomic E-state index is 13.7. The number of nitriles is 1. The van der Waals surface area contributed by atoms with Crippen LogP contribution in [0.5, 0.6) is 5.75 Å². The molecular weight excluding hydrogens is 231 g/mol. The summed E-state index contributed by atoms with van der Waals surface area (Å²) in [5.74, 6) is -0.190. The summed E-state index contributed by atoms with van der Waals surface area (Å²) in [6, 6.07) is 6.57. The molecule has 0 spiro atoms. The molecule has 2 rings (SSSR count). The van der Waals surface area contributed by atoms with Gasteiger partial charge in [-0.15, -0.1) is 0 Å². The van der Waals surface area contributed by atoms with Crippen molar-refractivity contribution in [1.29, 1.82) is 5.26 Å². The standard InChI is InChI=1S/C14H17FN2O/c1-2-18-12-5-4-10(8-11(12)15)13(17)14(9-16)6-3-7-14/h4-5,8,13H,2-3,6-7,17H2,1H3. The van der Waals surface area contributed by atoms with Crippen LogP contribution >= 0.6 is 0 Å². The van der Waals surface area contributed by atoms with Gasteiger partial charge in [0, 0.05) is 6.04 Å². The molecule has 1 aliphatic rings. The SMILES string of the molecule is CCOc1ccc(C(N)C2(C#N)CCC2)cc1F. The van der Waals surface area contributed by atoms with Gasteiger partial charge in [0.05, 0.1) is 18.1 Å². The summed E-state index contributed by atoms with van der Waals surface area (Å²) in [6.45, 7) is 2.22. The highest BCUT2D eigenvalue weighted by Crippen LogP contribution is 2.48. The average molecular weight is 248 g/mol. The molecule has 1 aromatic rings. The van der Waals surface area contributed by atoms with Gasteiger partial charge in [-0.3, -0.25) is 0 Å². The van der Waals surface area contributed by atoms with Crippen LogP contribution in [0.25, 0.3) is 0 Å². The zero-order chi connectivity index (χ0) is 13.2. The molecule has 3 nitrogen and oxygen atoms in total. The highest BCUT2D eigenvalue weighted by atomic mass is 19.1. The van der Waals surface area contributed by atoms with Crippen molar-refractivity contribution >= 4 is 0 Å². The van der Waals surface area contributed by atoms with E-state index in [2.05, 4.69) is 6.07 Å². The van der Waals surface area contributed by atoms with Crippen molar-refractivity contribution in [3.8, 4) is 11.8 Å². The first kappa shape index (κ1) is 12.8. The maximum absolute atomic E-state index is 13.7. The van der Waals surface area contributed by atoms with E-state index in [1.807, 2.05) is 0 Å². The molecule has 2 N–H and O–H groups in total. The number of hydrogen-bond acceptors (Lipinski definition) is 3. The number of benzene rings is 1. The highest BCUT2D eigenvalue weighted by Gasteiger charge is 2.43. The summed E-state index contributed by atoms with van der Waals surface area (Å²) >= 11 is 0. The largest absolute Gasteiger partial charge is 0.491 e. The Morgan fingerprint density at radius 2 is 2.28 bits per heavy atom. The molecule has 1 aliphatic carbocycles. The third-order valence-electron chi connectivity index (χ3n) is 3.68. The third kappa shape index (κ3) is 2.06. The minimum Gasteiger partial charge on any atom is -0.491 e. The molecule has 96 valence electrons. The quantitative estimate of drug-likeness (QED) is 0.891. The van der Waals surface area contributed by atoms with Crippen LogP contribution < -0.4 is 10.5 Å². The fourth-order valence-corrected chi connectivity index (χ4v) is 2.35. The molecule has 1 saturated carbocycles. The van der Waals surface area contributed by atoms with E-state index in [4.69, 9.17) is 10.5 Å². The lowest BCUT2D eigenvalue weighted by Crippen LogP contribution is -2.39. The molecule has 18 heavy (non-hydrogen) atoms. The predicted molar refractivity (Wildman–Crippen MR) is 66.4 cm³/mol. The van der Waals surface area contributed by atoms with E-state index in [1.54, 1.807) is 19.1 Å². The van der Waals surface area contributed by atoms with Crippen LogP contribution in [0.2, 0.25) is 0 Å². The first-order valence-corrected chi connectivity index (χ1v) is 6.22. The summed E-state index contributed by atoms with van der Waals surface area (Å²) in [5.41, 5.74) is 6.26. The molecule has 0 radical (unpaired) electrons. The number of halogens is 1. The second kappa shape index (κ2) is 4.95. The third-order valence-corrected chi connectivity index (χ3v) is 3.68. The van der Waals surface area contributed by atoms with Crippen molar-refractivity contribution in [1.82, 2.24) is 0 Å². The van der Waals surface area contributed by atoms with Crippen LogP contribution in [-0.2, 0) is 0 Å². The van der Waals surface area contributed by atoms with Gasteiger partial charge in [-0.05, 0) is 37.5 Å². The highest BCUT2D eigenvalue weighted by molar-refractivity contribution is 5.33.